The first-order chi connectivity index (χ1) is 9.13. The van der Waals surface area contributed by atoms with Gasteiger partial charge >= 0.3 is 6.03 Å². The van der Waals surface area contributed by atoms with E-state index in [-0.39, 0.29) is 6.03 Å². The molecule has 0 radical (unpaired) electrons. The number of hydrogen-bond donors (Lipinski definition) is 3. The first kappa shape index (κ1) is 12.9. The van der Waals surface area contributed by atoms with Crippen molar-refractivity contribution in [1.82, 2.24) is 15.1 Å². The Labute approximate surface area is 111 Å². The van der Waals surface area contributed by atoms with Gasteiger partial charge in [-0.2, -0.15) is 5.10 Å². The number of nitrogen functional groups attached to an aromatic ring is 1. The van der Waals surface area contributed by atoms with Crippen LogP contribution in [0.5, 0.6) is 0 Å². The van der Waals surface area contributed by atoms with E-state index in [2.05, 4.69) is 15.7 Å². The smallest absolute Gasteiger partial charge is 0.319 e. The van der Waals surface area contributed by atoms with Gasteiger partial charge in [0.25, 0.3) is 0 Å². The SMILES string of the molecule is Cc1cccc(NC(=O)NCCn2cc(N)cn2)c1. The Balaban J connectivity index is 1.76. The van der Waals surface area contributed by atoms with Crippen LogP contribution in [0, 0.1) is 6.92 Å². The minimum atomic E-state index is -0.231. The molecule has 2 rings (SSSR count). The van der Waals surface area contributed by atoms with Crippen LogP contribution >= 0.6 is 0 Å². The zero-order valence-corrected chi connectivity index (χ0v) is 10.8. The fraction of sp³-hybridized carbons (Fsp3) is 0.231. The number of aromatic nitrogens is 2. The van der Waals surface area contributed by atoms with Gasteiger partial charge in [0, 0.05) is 18.4 Å². The van der Waals surface area contributed by atoms with Crippen molar-refractivity contribution in [2.45, 2.75) is 13.5 Å². The molecule has 19 heavy (non-hydrogen) atoms. The molecule has 0 atom stereocenters. The molecule has 0 aliphatic rings. The lowest BCUT2D eigenvalue weighted by molar-refractivity contribution is 0.251. The van der Waals surface area contributed by atoms with Crippen molar-refractivity contribution in [2.24, 2.45) is 0 Å². The normalized spacial score (nSPS) is 10.2. The summed E-state index contributed by atoms with van der Waals surface area (Å²) < 4.78 is 1.68. The van der Waals surface area contributed by atoms with E-state index in [4.69, 9.17) is 5.73 Å². The van der Waals surface area contributed by atoms with E-state index in [1.807, 2.05) is 31.2 Å². The lowest BCUT2D eigenvalue weighted by Crippen LogP contribution is -2.31. The van der Waals surface area contributed by atoms with Crippen molar-refractivity contribution in [1.29, 1.82) is 0 Å². The van der Waals surface area contributed by atoms with E-state index in [0.29, 0.717) is 18.8 Å². The molecule has 0 saturated carbocycles. The molecule has 1 heterocycles. The van der Waals surface area contributed by atoms with Gasteiger partial charge in [-0.1, -0.05) is 12.1 Å². The summed E-state index contributed by atoms with van der Waals surface area (Å²) in [6, 6.07) is 7.41. The zero-order chi connectivity index (χ0) is 13.7. The molecule has 0 aliphatic carbocycles. The molecule has 1 aromatic heterocycles. The van der Waals surface area contributed by atoms with Gasteiger partial charge < -0.3 is 16.4 Å². The topological polar surface area (TPSA) is 85.0 Å². The van der Waals surface area contributed by atoms with Gasteiger partial charge in [-0.15, -0.1) is 0 Å². The number of nitrogens with two attached hydrogens (primary N) is 1. The van der Waals surface area contributed by atoms with Crippen LogP contribution in [0.2, 0.25) is 0 Å². The maximum Gasteiger partial charge on any atom is 0.319 e. The quantitative estimate of drug-likeness (QED) is 0.779. The molecule has 2 amide bonds. The minimum Gasteiger partial charge on any atom is -0.396 e. The molecular formula is C13H17N5O. The summed E-state index contributed by atoms with van der Waals surface area (Å²) in [5, 5.41) is 9.55. The van der Waals surface area contributed by atoms with Gasteiger partial charge in [-0.25, -0.2) is 4.79 Å². The maximum atomic E-state index is 11.6. The highest BCUT2D eigenvalue weighted by molar-refractivity contribution is 5.89. The molecule has 0 fully saturated rings. The van der Waals surface area contributed by atoms with Gasteiger partial charge in [0.1, 0.15) is 0 Å². The predicted octanol–water partition coefficient (Wildman–Crippen LogP) is 1.60. The van der Waals surface area contributed by atoms with Gasteiger partial charge in [0.15, 0.2) is 0 Å². The molecule has 4 N–H and O–H groups in total. The van der Waals surface area contributed by atoms with Crippen LogP contribution in [-0.2, 0) is 6.54 Å². The van der Waals surface area contributed by atoms with Crippen molar-refractivity contribution < 1.29 is 4.79 Å². The number of benzene rings is 1. The summed E-state index contributed by atoms with van der Waals surface area (Å²) in [6.07, 6.45) is 3.30. The Morgan fingerprint density at radius 2 is 2.32 bits per heavy atom. The third-order valence-corrected chi connectivity index (χ3v) is 2.56. The first-order valence-electron chi connectivity index (χ1n) is 6.03. The van der Waals surface area contributed by atoms with E-state index in [9.17, 15) is 4.79 Å². The summed E-state index contributed by atoms with van der Waals surface area (Å²) in [7, 11) is 0. The Kier molecular flexibility index (Phi) is 4.02. The van der Waals surface area contributed by atoms with E-state index < -0.39 is 0 Å². The monoisotopic (exact) mass is 259 g/mol. The maximum absolute atomic E-state index is 11.6. The number of nitrogens with zero attached hydrogens (tertiary/aromatic N) is 2. The molecule has 6 nitrogen and oxygen atoms in total. The van der Waals surface area contributed by atoms with Gasteiger partial charge in [-0.3, -0.25) is 4.68 Å². The zero-order valence-electron chi connectivity index (χ0n) is 10.8. The fourth-order valence-corrected chi connectivity index (χ4v) is 1.68. The Hall–Kier alpha value is -2.50. The van der Waals surface area contributed by atoms with Crippen molar-refractivity contribution in [3.05, 3.63) is 42.2 Å². The van der Waals surface area contributed by atoms with Gasteiger partial charge in [0.05, 0.1) is 18.4 Å². The largest absolute Gasteiger partial charge is 0.396 e. The van der Waals surface area contributed by atoms with E-state index >= 15 is 0 Å². The van der Waals surface area contributed by atoms with E-state index in [1.54, 1.807) is 17.1 Å². The number of anilines is 2. The number of carbonyl (C=O) groups excluding carboxylic acids is 1. The Morgan fingerprint density at radius 3 is 3.00 bits per heavy atom. The molecular weight excluding hydrogens is 242 g/mol. The standard InChI is InChI=1S/C13H17N5O/c1-10-3-2-4-12(7-10)17-13(19)15-5-6-18-9-11(14)8-16-18/h2-4,7-9H,5-6,14H2,1H3,(H2,15,17,19). The average molecular weight is 259 g/mol. The summed E-state index contributed by atoms with van der Waals surface area (Å²) in [5.74, 6) is 0. The van der Waals surface area contributed by atoms with Crippen LogP contribution in [0.3, 0.4) is 0 Å². The molecule has 100 valence electrons. The predicted molar refractivity (Wildman–Crippen MR) is 74.8 cm³/mol. The molecule has 6 heteroatoms. The molecule has 0 spiro atoms. The van der Waals surface area contributed by atoms with Crippen LogP contribution in [0.25, 0.3) is 0 Å². The van der Waals surface area contributed by atoms with Crippen molar-refractivity contribution >= 4 is 17.4 Å². The van der Waals surface area contributed by atoms with E-state index in [1.165, 1.54) is 0 Å². The number of amides is 2. The molecule has 1 aromatic carbocycles. The summed E-state index contributed by atoms with van der Waals surface area (Å²) in [5.41, 5.74) is 8.04. The number of hydrogen-bond acceptors (Lipinski definition) is 3. The highest BCUT2D eigenvalue weighted by Gasteiger charge is 2.01. The van der Waals surface area contributed by atoms with Crippen molar-refractivity contribution in [3.63, 3.8) is 0 Å². The summed E-state index contributed by atoms with van der Waals surface area (Å²) in [4.78, 5) is 11.6. The number of nitrogens with one attached hydrogen (secondary N) is 2. The van der Waals surface area contributed by atoms with Crippen LogP contribution in [-0.4, -0.2) is 22.4 Å². The van der Waals surface area contributed by atoms with Crippen LogP contribution in [0.15, 0.2) is 36.7 Å². The molecule has 0 saturated heterocycles. The summed E-state index contributed by atoms with van der Waals surface area (Å²) >= 11 is 0. The van der Waals surface area contributed by atoms with Crippen LogP contribution in [0.1, 0.15) is 5.56 Å². The third-order valence-electron chi connectivity index (χ3n) is 2.56. The molecule has 0 aliphatic heterocycles. The van der Waals surface area contributed by atoms with Gasteiger partial charge in [-0.05, 0) is 24.6 Å². The second kappa shape index (κ2) is 5.90. The van der Waals surface area contributed by atoms with Crippen LogP contribution < -0.4 is 16.4 Å². The Morgan fingerprint density at radius 1 is 1.47 bits per heavy atom. The number of carbonyl (C=O) groups is 1. The lowest BCUT2D eigenvalue weighted by atomic mass is 10.2. The number of aryl methyl sites for hydroxylation is 1. The third kappa shape index (κ3) is 4.02. The highest BCUT2D eigenvalue weighted by atomic mass is 16.2. The fourth-order valence-electron chi connectivity index (χ4n) is 1.68. The Bertz CT molecular complexity index is 564. The molecule has 0 bridgehead atoms. The molecule has 2 aromatic rings. The van der Waals surface area contributed by atoms with Crippen molar-refractivity contribution in [2.75, 3.05) is 17.6 Å². The second-order valence-corrected chi connectivity index (χ2v) is 4.29. The highest BCUT2D eigenvalue weighted by Crippen LogP contribution is 2.08. The lowest BCUT2D eigenvalue weighted by Gasteiger charge is -2.08. The number of urea groups is 1. The molecule has 0 unspecified atom stereocenters. The number of rotatable bonds is 4. The van der Waals surface area contributed by atoms with Crippen LogP contribution in [0.4, 0.5) is 16.2 Å². The van der Waals surface area contributed by atoms with Crippen molar-refractivity contribution in [3.8, 4) is 0 Å². The minimum absolute atomic E-state index is 0.231. The first-order valence-corrected chi connectivity index (χ1v) is 6.03. The average Bonchev–Trinajstić information content (AvgIpc) is 2.75. The van der Waals surface area contributed by atoms with E-state index in [0.717, 1.165) is 11.3 Å². The van der Waals surface area contributed by atoms with Gasteiger partial charge in [0.2, 0.25) is 0 Å². The summed E-state index contributed by atoms with van der Waals surface area (Å²) in [6.45, 7) is 3.04. The second-order valence-electron chi connectivity index (χ2n) is 4.29.